The number of aryl methyl sites for hydroxylation is 1. The summed E-state index contributed by atoms with van der Waals surface area (Å²) in [7, 11) is -3.91. The van der Waals surface area contributed by atoms with Gasteiger partial charge in [-0.15, -0.1) is 0 Å². The fourth-order valence-corrected chi connectivity index (χ4v) is 3.92. The summed E-state index contributed by atoms with van der Waals surface area (Å²) in [5, 5.41) is 9.24. The molecule has 0 radical (unpaired) electrons. The molecule has 0 aromatic heterocycles. The molecule has 0 aliphatic heterocycles. The molecule has 3 aromatic rings. The van der Waals surface area contributed by atoms with Crippen molar-refractivity contribution in [3.8, 4) is 0 Å². The van der Waals surface area contributed by atoms with Crippen LogP contribution in [0.4, 0.5) is 5.69 Å². The van der Waals surface area contributed by atoms with E-state index >= 15 is 0 Å². The number of aromatic carboxylic acids is 1. The molecule has 27 heavy (non-hydrogen) atoms. The Labute approximate surface area is 158 Å². The van der Waals surface area contributed by atoms with Crippen molar-refractivity contribution in [3.63, 3.8) is 0 Å². The number of para-hydroxylation sites is 1. The van der Waals surface area contributed by atoms with Gasteiger partial charge >= 0.3 is 5.97 Å². The minimum atomic E-state index is -3.91. The molecule has 0 amide bonds. The van der Waals surface area contributed by atoms with Gasteiger partial charge in [-0.2, -0.15) is 0 Å². The number of rotatable bonds is 6. The zero-order chi connectivity index (χ0) is 19.4. The van der Waals surface area contributed by atoms with Crippen LogP contribution in [0.1, 0.15) is 27.0 Å². The first-order chi connectivity index (χ1) is 12.9. The second-order valence-electron chi connectivity index (χ2n) is 6.21. The highest BCUT2D eigenvalue weighted by Gasteiger charge is 2.19. The van der Waals surface area contributed by atoms with Gasteiger partial charge in [0.05, 0.1) is 16.1 Å². The molecule has 6 heteroatoms. The lowest BCUT2D eigenvalue weighted by atomic mass is 10.0. The van der Waals surface area contributed by atoms with E-state index in [0.29, 0.717) is 17.7 Å². The Balaban J connectivity index is 1.93. The Kier molecular flexibility index (Phi) is 5.28. The number of nitrogens with one attached hydrogen (secondary N) is 1. The SMILES string of the molecule is Cc1ccc(S(=O)(=O)Nc2ccccc2Cc2ccccc2)cc1C(=O)O. The number of hydrogen-bond acceptors (Lipinski definition) is 3. The lowest BCUT2D eigenvalue weighted by Gasteiger charge is -2.13. The first-order valence-electron chi connectivity index (χ1n) is 8.35. The molecule has 0 aliphatic carbocycles. The van der Waals surface area contributed by atoms with Gasteiger partial charge in [0.15, 0.2) is 0 Å². The predicted molar refractivity (Wildman–Crippen MR) is 105 cm³/mol. The molecular formula is C21H19NO4S. The molecule has 0 saturated carbocycles. The van der Waals surface area contributed by atoms with E-state index in [9.17, 15) is 18.3 Å². The molecule has 3 rings (SSSR count). The average molecular weight is 381 g/mol. The Hall–Kier alpha value is -3.12. The Morgan fingerprint density at radius 2 is 1.63 bits per heavy atom. The summed E-state index contributed by atoms with van der Waals surface area (Å²) < 4.78 is 28.2. The first-order valence-corrected chi connectivity index (χ1v) is 9.84. The average Bonchev–Trinajstić information content (AvgIpc) is 2.64. The van der Waals surface area contributed by atoms with Crippen molar-refractivity contribution >= 4 is 21.7 Å². The van der Waals surface area contributed by atoms with Crippen LogP contribution >= 0.6 is 0 Å². The highest BCUT2D eigenvalue weighted by molar-refractivity contribution is 7.92. The van der Waals surface area contributed by atoms with Crippen molar-refractivity contribution < 1.29 is 18.3 Å². The van der Waals surface area contributed by atoms with Crippen LogP contribution < -0.4 is 4.72 Å². The van der Waals surface area contributed by atoms with Crippen molar-refractivity contribution in [2.75, 3.05) is 4.72 Å². The summed E-state index contributed by atoms with van der Waals surface area (Å²) in [5.41, 5.74) is 2.84. The minimum absolute atomic E-state index is 0.0320. The number of anilines is 1. The highest BCUT2D eigenvalue weighted by atomic mass is 32.2. The van der Waals surface area contributed by atoms with E-state index in [-0.39, 0.29) is 10.5 Å². The van der Waals surface area contributed by atoms with Gasteiger partial charge in [0.1, 0.15) is 0 Å². The van der Waals surface area contributed by atoms with Crippen LogP contribution in [0.15, 0.2) is 77.7 Å². The molecule has 138 valence electrons. The maximum absolute atomic E-state index is 12.8. The van der Waals surface area contributed by atoms with Crippen molar-refractivity contribution in [1.29, 1.82) is 0 Å². The van der Waals surface area contributed by atoms with E-state index in [1.807, 2.05) is 42.5 Å². The van der Waals surface area contributed by atoms with E-state index in [1.165, 1.54) is 18.2 Å². The smallest absolute Gasteiger partial charge is 0.335 e. The van der Waals surface area contributed by atoms with Gasteiger partial charge in [-0.25, -0.2) is 13.2 Å². The second kappa shape index (κ2) is 7.63. The van der Waals surface area contributed by atoms with Crippen molar-refractivity contribution in [1.82, 2.24) is 0 Å². The quantitative estimate of drug-likeness (QED) is 0.674. The topological polar surface area (TPSA) is 83.5 Å². The Bertz CT molecular complexity index is 1080. The third-order valence-corrected chi connectivity index (χ3v) is 5.61. The number of carboxylic acid groups (broad SMARTS) is 1. The summed E-state index contributed by atoms with van der Waals surface area (Å²) in [4.78, 5) is 11.2. The van der Waals surface area contributed by atoms with Crippen molar-refractivity contribution in [2.24, 2.45) is 0 Å². The molecule has 0 heterocycles. The zero-order valence-electron chi connectivity index (χ0n) is 14.7. The Morgan fingerprint density at radius 1 is 0.963 bits per heavy atom. The van der Waals surface area contributed by atoms with Crippen molar-refractivity contribution in [3.05, 3.63) is 95.1 Å². The van der Waals surface area contributed by atoms with E-state index in [0.717, 1.165) is 11.1 Å². The number of hydrogen-bond donors (Lipinski definition) is 2. The van der Waals surface area contributed by atoms with Crippen LogP contribution in [0.3, 0.4) is 0 Å². The number of sulfonamides is 1. The number of carboxylic acids is 1. The highest BCUT2D eigenvalue weighted by Crippen LogP contribution is 2.24. The fourth-order valence-electron chi connectivity index (χ4n) is 2.79. The minimum Gasteiger partial charge on any atom is -0.478 e. The van der Waals surface area contributed by atoms with Crippen LogP contribution in [0.5, 0.6) is 0 Å². The number of benzene rings is 3. The van der Waals surface area contributed by atoms with Gasteiger partial charge in [0.25, 0.3) is 10.0 Å². The normalized spacial score (nSPS) is 11.1. The second-order valence-corrected chi connectivity index (χ2v) is 7.89. The first kappa shape index (κ1) is 18.7. The van der Waals surface area contributed by atoms with Gasteiger partial charge in [-0.05, 0) is 48.2 Å². The van der Waals surface area contributed by atoms with Crippen LogP contribution in [-0.4, -0.2) is 19.5 Å². The summed E-state index contributed by atoms with van der Waals surface area (Å²) in [6, 6.07) is 21.0. The van der Waals surface area contributed by atoms with Crippen LogP contribution in [0.25, 0.3) is 0 Å². The van der Waals surface area contributed by atoms with Gasteiger partial charge in [-0.1, -0.05) is 54.6 Å². The lowest BCUT2D eigenvalue weighted by Crippen LogP contribution is -2.15. The molecule has 0 bridgehead atoms. The van der Waals surface area contributed by atoms with Gasteiger partial charge in [0, 0.05) is 0 Å². The van der Waals surface area contributed by atoms with E-state index in [1.54, 1.807) is 19.1 Å². The lowest BCUT2D eigenvalue weighted by molar-refractivity contribution is 0.0696. The molecule has 3 aromatic carbocycles. The van der Waals surface area contributed by atoms with Crippen LogP contribution in [-0.2, 0) is 16.4 Å². The summed E-state index contributed by atoms with van der Waals surface area (Å²) >= 11 is 0. The van der Waals surface area contributed by atoms with Crippen LogP contribution in [0, 0.1) is 6.92 Å². The van der Waals surface area contributed by atoms with Gasteiger partial charge in [-0.3, -0.25) is 4.72 Å². The fraction of sp³-hybridized carbons (Fsp3) is 0.0952. The predicted octanol–water partition coefficient (Wildman–Crippen LogP) is 4.08. The molecule has 0 aliphatic rings. The monoisotopic (exact) mass is 381 g/mol. The number of carbonyl (C=O) groups is 1. The molecule has 0 unspecified atom stereocenters. The third kappa shape index (κ3) is 4.35. The molecule has 0 spiro atoms. The van der Waals surface area contributed by atoms with E-state index in [2.05, 4.69) is 4.72 Å². The largest absolute Gasteiger partial charge is 0.478 e. The van der Waals surface area contributed by atoms with Gasteiger partial charge in [0.2, 0.25) is 0 Å². The maximum atomic E-state index is 12.8. The van der Waals surface area contributed by atoms with Crippen LogP contribution in [0.2, 0.25) is 0 Å². The standard InChI is InChI=1S/C21H19NO4S/c1-15-11-12-18(14-19(15)21(23)24)27(25,26)22-20-10-6-5-9-17(20)13-16-7-3-2-4-8-16/h2-12,14,22H,13H2,1H3,(H,23,24). The van der Waals surface area contributed by atoms with Gasteiger partial charge < -0.3 is 5.11 Å². The molecule has 2 N–H and O–H groups in total. The zero-order valence-corrected chi connectivity index (χ0v) is 15.5. The Morgan fingerprint density at radius 3 is 2.33 bits per heavy atom. The third-order valence-electron chi connectivity index (χ3n) is 4.25. The molecule has 0 fully saturated rings. The summed E-state index contributed by atoms with van der Waals surface area (Å²) in [6.07, 6.45) is 0.577. The molecule has 0 atom stereocenters. The summed E-state index contributed by atoms with van der Waals surface area (Å²) in [5.74, 6) is -1.16. The summed E-state index contributed by atoms with van der Waals surface area (Å²) in [6.45, 7) is 1.63. The molecular weight excluding hydrogens is 362 g/mol. The van der Waals surface area contributed by atoms with E-state index in [4.69, 9.17) is 0 Å². The molecule has 0 saturated heterocycles. The van der Waals surface area contributed by atoms with E-state index < -0.39 is 16.0 Å². The molecule has 5 nitrogen and oxygen atoms in total. The van der Waals surface area contributed by atoms with Crippen molar-refractivity contribution in [2.45, 2.75) is 18.2 Å². The maximum Gasteiger partial charge on any atom is 0.335 e.